The third kappa shape index (κ3) is 3.85. The van der Waals surface area contributed by atoms with Gasteiger partial charge in [0.15, 0.2) is 11.5 Å². The number of pyridine rings is 1. The molecule has 0 bridgehead atoms. The van der Waals surface area contributed by atoms with E-state index in [-0.39, 0.29) is 26.9 Å². The summed E-state index contributed by atoms with van der Waals surface area (Å²) in [6.45, 7) is 1.84. The van der Waals surface area contributed by atoms with E-state index >= 15 is 0 Å². The molecule has 10 heteroatoms. The molecule has 2 N–H and O–H groups in total. The van der Waals surface area contributed by atoms with E-state index in [0.29, 0.717) is 29.1 Å². The first-order valence-corrected chi connectivity index (χ1v) is 11.5. The number of fused-ring (bicyclic) bond motifs is 1. The maximum Gasteiger partial charge on any atom is 0.586 e. The molecule has 0 saturated heterocycles. The number of aromatic nitrogens is 1. The van der Waals surface area contributed by atoms with Crippen molar-refractivity contribution < 1.29 is 33.0 Å². The van der Waals surface area contributed by atoms with Crippen LogP contribution in [0.4, 0.5) is 14.6 Å². The molecule has 0 spiro atoms. The highest BCUT2D eigenvalue weighted by Crippen LogP contribution is 2.56. The Morgan fingerprint density at radius 3 is 2.56 bits per heavy atom. The summed E-state index contributed by atoms with van der Waals surface area (Å²) in [6, 6.07) is 14.2. The maximum absolute atomic E-state index is 13.4. The quantitative estimate of drug-likeness (QED) is 0.321. The van der Waals surface area contributed by atoms with Crippen LogP contribution in [0.25, 0.3) is 11.3 Å². The number of hydrogen-bond donors (Lipinski definition) is 2. The summed E-state index contributed by atoms with van der Waals surface area (Å²) in [5.41, 5.74) is 1.72. The lowest BCUT2D eigenvalue weighted by atomic mass is 9.94. The molecule has 1 aromatic heterocycles. The molecule has 3 aromatic rings. The lowest BCUT2D eigenvalue weighted by Crippen LogP contribution is -2.30. The van der Waals surface area contributed by atoms with E-state index in [2.05, 4.69) is 42.4 Å². The number of hydrogen-bond acceptors (Lipinski definition) is 5. The normalized spacial score (nSPS) is 21.7. The van der Waals surface area contributed by atoms with E-state index in [1.807, 2.05) is 6.92 Å². The van der Waals surface area contributed by atoms with E-state index in [1.54, 1.807) is 30.3 Å². The topological polar surface area (TPSA) is 97.8 Å². The van der Waals surface area contributed by atoms with Gasteiger partial charge in [-0.25, -0.2) is 9.78 Å². The SMILES string of the molecule is Cc1ccc(NC(=O)C2(c3ccc4c(c3)OC(F)(F)O4)CC2I)nc1-c1cccc(C(=O)O)c1. The highest BCUT2D eigenvalue weighted by atomic mass is 127. The number of nitrogens with one attached hydrogen (secondary N) is 1. The highest BCUT2D eigenvalue weighted by molar-refractivity contribution is 14.1. The average molecular weight is 578 g/mol. The summed E-state index contributed by atoms with van der Waals surface area (Å²) >= 11 is 2.16. The molecule has 1 aliphatic carbocycles. The maximum atomic E-state index is 13.4. The van der Waals surface area contributed by atoms with Crippen molar-refractivity contribution in [3.8, 4) is 22.8 Å². The van der Waals surface area contributed by atoms with E-state index in [4.69, 9.17) is 0 Å². The number of ether oxygens (including phenoxy) is 2. The first kappa shape index (κ1) is 22.5. The van der Waals surface area contributed by atoms with Gasteiger partial charge in [-0.05, 0) is 54.8 Å². The van der Waals surface area contributed by atoms with Gasteiger partial charge in [-0.1, -0.05) is 46.9 Å². The van der Waals surface area contributed by atoms with E-state index in [1.165, 1.54) is 24.3 Å². The monoisotopic (exact) mass is 578 g/mol. The third-order valence-electron chi connectivity index (χ3n) is 5.92. The van der Waals surface area contributed by atoms with Crippen molar-refractivity contribution in [1.29, 1.82) is 0 Å². The van der Waals surface area contributed by atoms with Gasteiger partial charge in [0.25, 0.3) is 0 Å². The van der Waals surface area contributed by atoms with Gasteiger partial charge in [-0.15, -0.1) is 8.78 Å². The van der Waals surface area contributed by atoms with Crippen LogP contribution >= 0.6 is 22.6 Å². The van der Waals surface area contributed by atoms with Gasteiger partial charge >= 0.3 is 12.3 Å². The Hall–Kier alpha value is -3.28. The van der Waals surface area contributed by atoms with Gasteiger partial charge in [0.2, 0.25) is 5.91 Å². The van der Waals surface area contributed by atoms with Gasteiger partial charge in [0, 0.05) is 9.49 Å². The largest absolute Gasteiger partial charge is 0.586 e. The third-order valence-corrected chi connectivity index (χ3v) is 7.42. The minimum absolute atomic E-state index is 0.0526. The number of amides is 1. The number of alkyl halides is 3. The second kappa shape index (κ2) is 7.90. The Morgan fingerprint density at radius 2 is 1.85 bits per heavy atom. The molecule has 0 radical (unpaired) electrons. The fraction of sp³-hybridized carbons (Fsp3) is 0.208. The van der Waals surface area contributed by atoms with Crippen LogP contribution in [-0.4, -0.2) is 32.2 Å². The first-order valence-electron chi connectivity index (χ1n) is 10.3. The van der Waals surface area contributed by atoms with E-state index in [0.717, 1.165) is 5.56 Å². The molecule has 1 fully saturated rings. The summed E-state index contributed by atoms with van der Waals surface area (Å²) in [5, 5.41) is 12.1. The Balaban J connectivity index is 1.43. The molecular formula is C24H17F2IN2O5. The molecule has 5 rings (SSSR count). The van der Waals surface area contributed by atoms with Crippen LogP contribution in [0.1, 0.15) is 27.9 Å². The zero-order valence-corrected chi connectivity index (χ0v) is 19.8. The van der Waals surface area contributed by atoms with Gasteiger partial charge < -0.3 is 19.9 Å². The predicted octanol–water partition coefficient (Wildman–Crippen LogP) is 5.16. The number of carbonyl (C=O) groups is 2. The van der Waals surface area contributed by atoms with Crippen molar-refractivity contribution >= 4 is 40.3 Å². The molecule has 2 atom stereocenters. The zero-order chi connectivity index (χ0) is 24.3. The van der Waals surface area contributed by atoms with Crippen molar-refractivity contribution in [2.75, 3.05) is 5.32 Å². The molecule has 2 unspecified atom stereocenters. The standard InChI is InChI=1S/C24H17F2IN2O5/c1-12-5-8-19(28-20(12)13-3-2-4-14(9-13)21(30)31)29-22(32)23(11-18(23)27)15-6-7-16-17(10-15)34-24(25,26)33-16/h2-10,18H,11H2,1H3,(H,30,31)(H,28,29,32). The van der Waals surface area contributed by atoms with Crippen LogP contribution in [0.5, 0.6) is 11.5 Å². The molecule has 2 heterocycles. The second-order valence-electron chi connectivity index (χ2n) is 8.17. The van der Waals surface area contributed by atoms with Crippen LogP contribution in [-0.2, 0) is 10.2 Å². The number of aromatic carboxylic acids is 1. The summed E-state index contributed by atoms with van der Waals surface area (Å²) in [5.74, 6) is -1.26. The Bertz CT molecular complexity index is 1350. The molecular weight excluding hydrogens is 561 g/mol. The van der Waals surface area contributed by atoms with Crippen LogP contribution in [0.2, 0.25) is 0 Å². The highest BCUT2D eigenvalue weighted by Gasteiger charge is 2.60. The molecule has 7 nitrogen and oxygen atoms in total. The summed E-state index contributed by atoms with van der Waals surface area (Å²) in [6.07, 6.45) is -3.21. The molecule has 1 amide bonds. The number of carboxylic acids is 1. The van der Waals surface area contributed by atoms with Gasteiger partial charge in [-0.3, -0.25) is 4.79 Å². The Kier molecular flexibility index (Phi) is 5.23. The minimum Gasteiger partial charge on any atom is -0.478 e. The van der Waals surface area contributed by atoms with Crippen molar-refractivity contribution in [3.05, 3.63) is 71.3 Å². The summed E-state index contributed by atoms with van der Waals surface area (Å²) in [4.78, 5) is 29.2. The summed E-state index contributed by atoms with van der Waals surface area (Å²) < 4.78 is 35.8. The Labute approximate surface area is 206 Å². The number of aryl methyl sites for hydroxylation is 1. The van der Waals surface area contributed by atoms with Crippen LogP contribution in [0, 0.1) is 6.92 Å². The summed E-state index contributed by atoms with van der Waals surface area (Å²) in [7, 11) is 0. The molecule has 174 valence electrons. The smallest absolute Gasteiger partial charge is 0.478 e. The van der Waals surface area contributed by atoms with Gasteiger partial charge in [0.1, 0.15) is 5.82 Å². The van der Waals surface area contributed by atoms with E-state index < -0.39 is 17.7 Å². The van der Waals surface area contributed by atoms with Crippen molar-refractivity contribution in [2.45, 2.75) is 29.0 Å². The number of benzene rings is 2. The first-order chi connectivity index (χ1) is 16.1. The molecule has 1 saturated carbocycles. The van der Waals surface area contributed by atoms with Crippen LogP contribution < -0.4 is 14.8 Å². The number of nitrogens with zero attached hydrogens (tertiary/aromatic N) is 1. The van der Waals surface area contributed by atoms with Crippen molar-refractivity contribution in [3.63, 3.8) is 0 Å². The van der Waals surface area contributed by atoms with Crippen LogP contribution in [0.15, 0.2) is 54.6 Å². The number of carbonyl (C=O) groups excluding carboxylic acids is 1. The number of rotatable bonds is 5. The molecule has 1 aliphatic heterocycles. The predicted molar refractivity (Wildman–Crippen MR) is 127 cm³/mol. The molecule has 2 aromatic carbocycles. The lowest BCUT2D eigenvalue weighted by molar-refractivity contribution is -0.286. The Morgan fingerprint density at radius 1 is 1.12 bits per heavy atom. The number of halogens is 3. The van der Waals surface area contributed by atoms with Gasteiger partial charge in [0.05, 0.1) is 16.7 Å². The molecule has 34 heavy (non-hydrogen) atoms. The fourth-order valence-electron chi connectivity index (χ4n) is 4.03. The fourth-order valence-corrected chi connectivity index (χ4v) is 5.37. The van der Waals surface area contributed by atoms with Gasteiger partial charge in [-0.2, -0.15) is 0 Å². The average Bonchev–Trinajstić information content (AvgIpc) is 3.37. The van der Waals surface area contributed by atoms with Crippen molar-refractivity contribution in [1.82, 2.24) is 4.98 Å². The zero-order valence-electron chi connectivity index (χ0n) is 17.6. The van der Waals surface area contributed by atoms with Crippen LogP contribution in [0.3, 0.4) is 0 Å². The number of carboxylic acid groups (broad SMARTS) is 1. The van der Waals surface area contributed by atoms with Crippen molar-refractivity contribution in [2.24, 2.45) is 0 Å². The lowest BCUT2D eigenvalue weighted by Gasteiger charge is -2.17. The second-order valence-corrected chi connectivity index (χ2v) is 9.68. The molecule has 2 aliphatic rings. The van der Waals surface area contributed by atoms with E-state index in [9.17, 15) is 23.5 Å². The minimum atomic E-state index is -3.73. The number of anilines is 1.